The van der Waals surface area contributed by atoms with Crippen LogP contribution in [0.15, 0.2) is 72.8 Å². The summed E-state index contributed by atoms with van der Waals surface area (Å²) in [6, 6.07) is 21.7. The van der Waals surface area contributed by atoms with Gasteiger partial charge >= 0.3 is 0 Å². The van der Waals surface area contributed by atoms with Gasteiger partial charge < -0.3 is 9.64 Å². The highest BCUT2D eigenvalue weighted by atomic mass is 35.5. The van der Waals surface area contributed by atoms with Gasteiger partial charge in [0.05, 0.1) is 28.6 Å². The second kappa shape index (κ2) is 6.44. The third-order valence-corrected chi connectivity index (χ3v) is 5.85. The number of benzene rings is 3. The van der Waals surface area contributed by atoms with Crippen LogP contribution in [0.3, 0.4) is 0 Å². The molecule has 1 spiro atoms. The van der Waals surface area contributed by atoms with Crippen molar-refractivity contribution in [2.45, 2.75) is 12.3 Å². The zero-order valence-corrected chi connectivity index (χ0v) is 16.4. The van der Waals surface area contributed by atoms with E-state index < -0.39 is 5.72 Å². The molecule has 144 valence electrons. The third-order valence-electron chi connectivity index (χ3n) is 5.52. The molecule has 0 saturated carbocycles. The maximum absolute atomic E-state index is 13.8. The molecular weight excluding hydrogens is 388 g/mol. The lowest BCUT2D eigenvalue weighted by Gasteiger charge is -2.43. The minimum atomic E-state index is -1.57. The summed E-state index contributed by atoms with van der Waals surface area (Å²) in [5.74, 6) is -0.699. The van der Waals surface area contributed by atoms with Crippen molar-refractivity contribution >= 4 is 34.8 Å². The van der Waals surface area contributed by atoms with Gasteiger partial charge in [-0.05, 0) is 24.3 Å². The number of hydrogen-bond donors (Lipinski definition) is 0. The van der Waals surface area contributed by atoms with Crippen LogP contribution < -0.4 is 9.80 Å². The Morgan fingerprint density at radius 2 is 1.62 bits per heavy atom. The average Bonchev–Trinajstić information content (AvgIpc) is 2.96. The maximum Gasteiger partial charge on any atom is 0.285 e. The molecule has 0 bridgehead atoms. The number of hydrogen-bond acceptors (Lipinski definition) is 3. The molecule has 6 heteroatoms. The minimum absolute atomic E-state index is 0.219. The molecule has 0 N–H and O–H groups in total. The molecule has 5 rings (SSSR count). The van der Waals surface area contributed by atoms with Crippen LogP contribution in [-0.2, 0) is 21.9 Å². The Balaban J connectivity index is 1.80. The topological polar surface area (TPSA) is 49.9 Å². The molecular formula is C23H17ClN2O3. The van der Waals surface area contributed by atoms with E-state index in [1.165, 1.54) is 9.80 Å². The first kappa shape index (κ1) is 17.9. The Bertz CT molecular complexity index is 1160. The molecule has 1 atom stereocenters. The van der Waals surface area contributed by atoms with Crippen molar-refractivity contribution < 1.29 is 14.3 Å². The molecule has 2 amide bonds. The normalized spacial score (nSPS) is 20.0. The van der Waals surface area contributed by atoms with E-state index in [1.807, 2.05) is 48.5 Å². The van der Waals surface area contributed by atoms with Gasteiger partial charge in [0.1, 0.15) is 0 Å². The van der Waals surface area contributed by atoms with Crippen LogP contribution in [0.4, 0.5) is 11.4 Å². The summed E-state index contributed by atoms with van der Waals surface area (Å²) in [6.45, 7) is 0.219. The molecule has 3 aromatic carbocycles. The highest BCUT2D eigenvalue weighted by Gasteiger charge is 2.59. The van der Waals surface area contributed by atoms with Gasteiger partial charge in [-0.15, -0.1) is 0 Å². The number of anilines is 2. The van der Waals surface area contributed by atoms with Crippen molar-refractivity contribution in [1.82, 2.24) is 0 Å². The number of halogens is 1. The Morgan fingerprint density at radius 1 is 0.966 bits per heavy atom. The minimum Gasteiger partial charge on any atom is -0.338 e. The second-order valence-corrected chi connectivity index (χ2v) is 7.47. The summed E-state index contributed by atoms with van der Waals surface area (Å²) in [6.07, 6.45) is 0. The van der Waals surface area contributed by atoms with Gasteiger partial charge in [0.15, 0.2) is 0 Å². The summed E-state index contributed by atoms with van der Waals surface area (Å²) in [5, 5.41) is 0.322. The van der Waals surface area contributed by atoms with E-state index in [0.29, 0.717) is 27.5 Å². The molecule has 0 aliphatic carbocycles. The van der Waals surface area contributed by atoms with Crippen LogP contribution in [0.25, 0.3) is 0 Å². The predicted molar refractivity (Wildman–Crippen MR) is 111 cm³/mol. The molecule has 3 aromatic rings. The van der Waals surface area contributed by atoms with E-state index in [-0.39, 0.29) is 18.4 Å². The van der Waals surface area contributed by atoms with Gasteiger partial charge in [-0.2, -0.15) is 0 Å². The highest BCUT2D eigenvalue weighted by Crippen LogP contribution is 2.50. The maximum atomic E-state index is 13.8. The Morgan fingerprint density at radius 3 is 2.41 bits per heavy atom. The van der Waals surface area contributed by atoms with E-state index in [0.717, 1.165) is 5.56 Å². The van der Waals surface area contributed by atoms with Gasteiger partial charge in [0, 0.05) is 18.2 Å². The molecule has 0 saturated heterocycles. The van der Waals surface area contributed by atoms with Gasteiger partial charge in [-0.1, -0.05) is 60.1 Å². The van der Waals surface area contributed by atoms with Crippen LogP contribution in [0, 0.1) is 0 Å². The first-order chi connectivity index (χ1) is 14.1. The zero-order valence-electron chi connectivity index (χ0n) is 15.6. The number of ether oxygens (including phenoxy) is 1. The van der Waals surface area contributed by atoms with Crippen molar-refractivity contribution in [3.05, 3.63) is 94.5 Å². The first-order valence-corrected chi connectivity index (χ1v) is 9.62. The molecule has 0 radical (unpaired) electrons. The van der Waals surface area contributed by atoms with E-state index in [1.54, 1.807) is 31.3 Å². The lowest BCUT2D eigenvalue weighted by molar-refractivity contribution is -0.146. The Labute approximate surface area is 173 Å². The first-order valence-electron chi connectivity index (χ1n) is 9.24. The predicted octanol–water partition coefficient (Wildman–Crippen LogP) is 4.35. The Hall–Kier alpha value is -3.15. The highest BCUT2D eigenvalue weighted by molar-refractivity contribution is 6.35. The van der Waals surface area contributed by atoms with E-state index in [2.05, 4.69) is 0 Å². The summed E-state index contributed by atoms with van der Waals surface area (Å²) in [7, 11) is 1.69. The van der Waals surface area contributed by atoms with E-state index in [9.17, 15) is 9.59 Å². The van der Waals surface area contributed by atoms with Crippen LogP contribution >= 0.6 is 11.6 Å². The van der Waals surface area contributed by atoms with Crippen molar-refractivity contribution in [3.8, 4) is 0 Å². The lowest BCUT2D eigenvalue weighted by atomic mass is 9.96. The number of carbonyl (C=O) groups is 2. The van der Waals surface area contributed by atoms with Crippen molar-refractivity contribution in [2.24, 2.45) is 0 Å². The lowest BCUT2D eigenvalue weighted by Crippen LogP contribution is -2.59. The molecule has 1 unspecified atom stereocenters. The molecule has 0 fully saturated rings. The SMILES string of the molecule is CN1C(=O)C2(OCc3ccccc3N2C(=O)c2ccccc2Cl)c2ccccc21. The monoisotopic (exact) mass is 404 g/mol. The van der Waals surface area contributed by atoms with E-state index in [4.69, 9.17) is 16.3 Å². The molecule has 29 heavy (non-hydrogen) atoms. The van der Waals surface area contributed by atoms with Crippen LogP contribution in [0.2, 0.25) is 5.02 Å². The smallest absolute Gasteiger partial charge is 0.285 e. The fourth-order valence-corrected chi connectivity index (χ4v) is 4.35. The van der Waals surface area contributed by atoms with Crippen molar-refractivity contribution in [1.29, 1.82) is 0 Å². The molecule has 2 aliphatic rings. The number of carbonyl (C=O) groups excluding carboxylic acids is 2. The molecule has 5 nitrogen and oxygen atoms in total. The van der Waals surface area contributed by atoms with Gasteiger partial charge in [-0.3, -0.25) is 14.5 Å². The summed E-state index contributed by atoms with van der Waals surface area (Å²) < 4.78 is 6.23. The third kappa shape index (κ3) is 2.38. The fraction of sp³-hybridized carbons (Fsp3) is 0.130. The van der Waals surface area contributed by atoms with E-state index >= 15 is 0 Å². The zero-order chi connectivity index (χ0) is 20.2. The van der Waals surface area contributed by atoms with Gasteiger partial charge in [-0.25, -0.2) is 0 Å². The number of rotatable bonds is 1. The average molecular weight is 405 g/mol. The van der Waals surface area contributed by atoms with Crippen LogP contribution in [-0.4, -0.2) is 18.9 Å². The largest absolute Gasteiger partial charge is 0.338 e. The fourth-order valence-electron chi connectivity index (χ4n) is 4.14. The number of fused-ring (bicyclic) bond motifs is 3. The summed E-state index contributed by atoms with van der Waals surface area (Å²) in [4.78, 5) is 30.3. The van der Waals surface area contributed by atoms with Crippen molar-refractivity contribution in [2.75, 3.05) is 16.8 Å². The number of amides is 2. The summed E-state index contributed by atoms with van der Waals surface area (Å²) in [5.41, 5.74) is 1.57. The summed E-state index contributed by atoms with van der Waals surface area (Å²) >= 11 is 6.34. The molecule has 2 aliphatic heterocycles. The Kier molecular flexibility index (Phi) is 3.98. The number of para-hydroxylation sites is 2. The second-order valence-electron chi connectivity index (χ2n) is 7.06. The number of nitrogens with zero attached hydrogens (tertiary/aromatic N) is 2. The van der Waals surface area contributed by atoms with Crippen LogP contribution in [0.1, 0.15) is 21.5 Å². The van der Waals surface area contributed by atoms with Crippen LogP contribution in [0.5, 0.6) is 0 Å². The molecule has 2 heterocycles. The quantitative estimate of drug-likeness (QED) is 0.606. The van der Waals surface area contributed by atoms with Gasteiger partial charge in [0.2, 0.25) is 0 Å². The number of likely N-dealkylation sites (N-methyl/N-ethyl adjacent to an activating group) is 1. The van der Waals surface area contributed by atoms with Crippen molar-refractivity contribution in [3.63, 3.8) is 0 Å². The molecule has 0 aromatic heterocycles. The van der Waals surface area contributed by atoms with Gasteiger partial charge in [0.25, 0.3) is 17.5 Å². The standard InChI is InChI=1S/C23H17ClN2O3/c1-25-20-13-7-4-10-17(20)23(22(25)28)26(19-12-6-2-8-15(19)14-29-23)21(27)16-9-3-5-11-18(16)24/h2-13H,14H2,1H3.